The Kier molecular flexibility index (Phi) is 8.04. The van der Waals surface area contributed by atoms with Crippen LogP contribution < -0.4 is 10.6 Å². The highest BCUT2D eigenvalue weighted by atomic mass is 16.5. The molecule has 1 aliphatic heterocycles. The summed E-state index contributed by atoms with van der Waals surface area (Å²) in [5, 5.41) is 6.53. The molecule has 0 spiro atoms. The van der Waals surface area contributed by atoms with Gasteiger partial charge in [0.25, 0.3) is 0 Å². The first kappa shape index (κ1) is 18.7. The molecule has 0 bridgehead atoms. The number of nitrogens with one attached hydrogen (secondary N) is 2. The third kappa shape index (κ3) is 6.49. The first-order chi connectivity index (χ1) is 11.7. The molecule has 1 aromatic rings. The van der Waals surface area contributed by atoms with Crippen LogP contribution in [0.2, 0.25) is 0 Å². The number of hydrogen-bond acceptors (Lipinski definition) is 5. The van der Waals surface area contributed by atoms with Crippen molar-refractivity contribution in [3.05, 3.63) is 17.3 Å². The Morgan fingerprint density at radius 3 is 2.92 bits per heavy atom. The van der Waals surface area contributed by atoms with E-state index in [1.807, 2.05) is 20.8 Å². The summed E-state index contributed by atoms with van der Waals surface area (Å²) in [5.74, 6) is 2.84. The predicted molar refractivity (Wildman–Crippen MR) is 93.2 cm³/mol. The molecule has 2 N–H and O–H groups in total. The monoisotopic (exact) mass is 338 g/mol. The lowest BCUT2D eigenvalue weighted by Crippen LogP contribution is -2.38. The van der Waals surface area contributed by atoms with E-state index in [2.05, 4.69) is 20.6 Å². The van der Waals surface area contributed by atoms with Crippen LogP contribution in [0.3, 0.4) is 0 Å². The zero-order valence-corrected chi connectivity index (χ0v) is 15.1. The number of ether oxygens (including phenoxy) is 2. The van der Waals surface area contributed by atoms with Gasteiger partial charge in [0.1, 0.15) is 12.3 Å². The third-order valence-corrected chi connectivity index (χ3v) is 3.92. The van der Waals surface area contributed by atoms with E-state index in [4.69, 9.17) is 13.9 Å². The Hall–Kier alpha value is -1.60. The van der Waals surface area contributed by atoms with E-state index in [9.17, 15) is 0 Å². The fourth-order valence-electron chi connectivity index (χ4n) is 2.44. The molecule has 1 aliphatic rings. The van der Waals surface area contributed by atoms with Gasteiger partial charge in [0, 0.05) is 32.2 Å². The summed E-state index contributed by atoms with van der Waals surface area (Å²) < 4.78 is 16.6. The molecule has 1 fully saturated rings. The molecule has 1 saturated heterocycles. The lowest BCUT2D eigenvalue weighted by Gasteiger charge is -2.12. The van der Waals surface area contributed by atoms with Crippen molar-refractivity contribution in [2.24, 2.45) is 10.9 Å². The van der Waals surface area contributed by atoms with Crippen molar-refractivity contribution < 1.29 is 13.9 Å². The van der Waals surface area contributed by atoms with Gasteiger partial charge in [-0.05, 0) is 33.6 Å². The summed E-state index contributed by atoms with van der Waals surface area (Å²) in [6, 6.07) is 0. The topological polar surface area (TPSA) is 80.9 Å². The van der Waals surface area contributed by atoms with Gasteiger partial charge in [-0.3, -0.25) is 0 Å². The van der Waals surface area contributed by atoms with E-state index < -0.39 is 0 Å². The van der Waals surface area contributed by atoms with Crippen LogP contribution in [0.25, 0.3) is 0 Å². The number of aliphatic imine (C=N–C) groups is 1. The fourth-order valence-corrected chi connectivity index (χ4v) is 2.44. The van der Waals surface area contributed by atoms with Crippen LogP contribution in [-0.2, 0) is 16.0 Å². The van der Waals surface area contributed by atoms with Gasteiger partial charge >= 0.3 is 0 Å². The molecule has 7 heteroatoms. The predicted octanol–water partition coefficient (Wildman–Crippen LogP) is 1.79. The van der Waals surface area contributed by atoms with Gasteiger partial charge in [-0.1, -0.05) is 0 Å². The van der Waals surface area contributed by atoms with Gasteiger partial charge in [-0.2, -0.15) is 0 Å². The third-order valence-electron chi connectivity index (χ3n) is 3.92. The molecule has 136 valence electrons. The quantitative estimate of drug-likeness (QED) is 0.406. The number of hydrogen-bond donors (Lipinski definition) is 2. The van der Waals surface area contributed by atoms with Crippen molar-refractivity contribution in [1.82, 2.24) is 15.6 Å². The van der Waals surface area contributed by atoms with Crippen molar-refractivity contribution in [3.63, 3.8) is 0 Å². The number of oxazole rings is 1. The molecule has 0 radical (unpaired) electrons. The minimum absolute atomic E-state index is 0.433. The van der Waals surface area contributed by atoms with E-state index in [1.165, 1.54) is 0 Å². The number of aryl methyl sites for hydroxylation is 2. The SMILES string of the molecule is CCNC(=NCc1nc(C)c(C)o1)NCCCOCC1CCOC1. The first-order valence-corrected chi connectivity index (χ1v) is 8.79. The summed E-state index contributed by atoms with van der Waals surface area (Å²) in [5.41, 5.74) is 0.919. The van der Waals surface area contributed by atoms with Crippen LogP contribution >= 0.6 is 0 Å². The number of rotatable bonds is 9. The smallest absolute Gasteiger partial charge is 0.216 e. The second kappa shape index (κ2) is 10.3. The highest BCUT2D eigenvalue weighted by molar-refractivity contribution is 5.79. The van der Waals surface area contributed by atoms with Crippen LogP contribution in [0.15, 0.2) is 9.41 Å². The van der Waals surface area contributed by atoms with Gasteiger partial charge in [-0.15, -0.1) is 0 Å². The molecule has 0 saturated carbocycles. The second-order valence-electron chi connectivity index (χ2n) is 6.03. The van der Waals surface area contributed by atoms with Crippen LogP contribution in [0.1, 0.15) is 37.1 Å². The van der Waals surface area contributed by atoms with Gasteiger partial charge < -0.3 is 24.5 Å². The maximum atomic E-state index is 5.70. The van der Waals surface area contributed by atoms with Crippen LogP contribution in [0.5, 0.6) is 0 Å². The van der Waals surface area contributed by atoms with Crippen LogP contribution in [0.4, 0.5) is 0 Å². The molecule has 1 aromatic heterocycles. The lowest BCUT2D eigenvalue weighted by atomic mass is 10.1. The van der Waals surface area contributed by atoms with Crippen molar-refractivity contribution in [3.8, 4) is 0 Å². The van der Waals surface area contributed by atoms with Crippen molar-refractivity contribution in [2.45, 2.75) is 40.2 Å². The maximum Gasteiger partial charge on any atom is 0.216 e. The summed E-state index contributed by atoms with van der Waals surface area (Å²) in [6.07, 6.45) is 2.06. The van der Waals surface area contributed by atoms with Gasteiger partial charge in [0.05, 0.1) is 18.9 Å². The van der Waals surface area contributed by atoms with E-state index >= 15 is 0 Å². The molecule has 1 unspecified atom stereocenters. The molecule has 0 aromatic carbocycles. The fraction of sp³-hybridized carbons (Fsp3) is 0.765. The van der Waals surface area contributed by atoms with Crippen LogP contribution in [-0.4, -0.2) is 50.5 Å². The first-order valence-electron chi connectivity index (χ1n) is 8.79. The highest BCUT2D eigenvalue weighted by Crippen LogP contribution is 2.12. The molecule has 0 amide bonds. The van der Waals surface area contributed by atoms with Crippen LogP contribution in [0, 0.1) is 19.8 Å². The molecule has 0 aliphatic carbocycles. The standard InChI is InChI=1S/C17H30N4O3/c1-4-18-17(20-10-16-21-13(2)14(3)24-16)19-7-5-8-22-11-15-6-9-23-12-15/h15H,4-12H2,1-3H3,(H2,18,19,20). The second-order valence-corrected chi connectivity index (χ2v) is 6.03. The normalized spacial score (nSPS) is 18.1. The van der Waals surface area contributed by atoms with E-state index in [1.54, 1.807) is 0 Å². The Balaban J connectivity index is 1.63. The highest BCUT2D eigenvalue weighted by Gasteiger charge is 2.15. The van der Waals surface area contributed by atoms with E-state index in [-0.39, 0.29) is 0 Å². The number of nitrogens with zero attached hydrogens (tertiary/aromatic N) is 2. The van der Waals surface area contributed by atoms with Crippen molar-refractivity contribution in [1.29, 1.82) is 0 Å². The van der Waals surface area contributed by atoms with E-state index in [0.717, 1.165) is 69.8 Å². The minimum Gasteiger partial charge on any atom is -0.444 e. The van der Waals surface area contributed by atoms with Gasteiger partial charge in [0.2, 0.25) is 5.89 Å². The van der Waals surface area contributed by atoms with Crippen molar-refractivity contribution >= 4 is 5.96 Å². The Bertz CT molecular complexity index is 490. The summed E-state index contributed by atoms with van der Waals surface area (Å²) in [4.78, 5) is 8.84. The molecule has 1 atom stereocenters. The molecule has 24 heavy (non-hydrogen) atoms. The Morgan fingerprint density at radius 1 is 1.38 bits per heavy atom. The lowest BCUT2D eigenvalue weighted by molar-refractivity contribution is 0.0888. The molecular weight excluding hydrogens is 308 g/mol. The Labute approximate surface area is 144 Å². The zero-order valence-electron chi connectivity index (χ0n) is 15.1. The van der Waals surface area contributed by atoms with Gasteiger partial charge in [-0.25, -0.2) is 9.98 Å². The van der Waals surface area contributed by atoms with Gasteiger partial charge in [0.15, 0.2) is 5.96 Å². The average molecular weight is 338 g/mol. The van der Waals surface area contributed by atoms with Crippen molar-refractivity contribution in [2.75, 3.05) is 39.5 Å². The minimum atomic E-state index is 0.433. The summed E-state index contributed by atoms with van der Waals surface area (Å²) in [7, 11) is 0. The van der Waals surface area contributed by atoms with E-state index in [0.29, 0.717) is 18.4 Å². The number of aromatic nitrogens is 1. The molecule has 2 rings (SSSR count). The molecular formula is C17H30N4O3. The summed E-state index contributed by atoms with van der Waals surface area (Å²) in [6.45, 7) is 11.2. The molecule has 7 nitrogen and oxygen atoms in total. The maximum absolute atomic E-state index is 5.70. The number of guanidine groups is 1. The zero-order chi connectivity index (χ0) is 17.2. The largest absolute Gasteiger partial charge is 0.444 e. The molecule has 2 heterocycles. The summed E-state index contributed by atoms with van der Waals surface area (Å²) >= 11 is 0. The average Bonchev–Trinajstić information content (AvgIpc) is 3.18. The Morgan fingerprint density at radius 2 is 2.25 bits per heavy atom.